The Morgan fingerprint density at radius 1 is 1.03 bits per heavy atom. The predicted molar refractivity (Wildman–Crippen MR) is 135 cm³/mol. The van der Waals surface area contributed by atoms with Crippen LogP contribution in [0.15, 0.2) is 60.8 Å². The van der Waals surface area contributed by atoms with Gasteiger partial charge in [0.2, 0.25) is 0 Å². The summed E-state index contributed by atoms with van der Waals surface area (Å²) in [5, 5.41) is 5.39. The Balaban J connectivity index is 1.40. The Hall–Kier alpha value is -3.62. The number of hydrogen-bond donors (Lipinski definition) is 0. The number of rotatable bonds is 6. The van der Waals surface area contributed by atoms with Crippen LogP contribution >= 0.6 is 11.6 Å². The topological polar surface area (TPSA) is 72.2 Å². The van der Waals surface area contributed by atoms with E-state index in [4.69, 9.17) is 26.2 Å². The van der Waals surface area contributed by atoms with Crippen LogP contribution in [-0.2, 0) is 11.3 Å². The smallest absolute Gasteiger partial charge is 0.257 e. The minimum Gasteiger partial charge on any atom is -0.495 e. The van der Waals surface area contributed by atoms with E-state index >= 15 is 0 Å². The molecule has 0 bridgehead atoms. The summed E-state index contributed by atoms with van der Waals surface area (Å²) in [7, 11) is 3.28. The molecular weight excluding hydrogens is 466 g/mol. The number of nitrogens with zero attached hydrogens (tertiary/aromatic N) is 5. The summed E-state index contributed by atoms with van der Waals surface area (Å²) in [6.45, 7) is 2.85. The normalized spacial score (nSPS) is 13.9. The van der Waals surface area contributed by atoms with Crippen LogP contribution in [0.4, 0.5) is 5.69 Å². The number of para-hydroxylation sites is 2. The average molecular weight is 492 g/mol. The molecule has 1 aliphatic rings. The van der Waals surface area contributed by atoms with Crippen molar-refractivity contribution >= 4 is 28.8 Å². The summed E-state index contributed by atoms with van der Waals surface area (Å²) < 4.78 is 12.7. The zero-order chi connectivity index (χ0) is 24.4. The minimum atomic E-state index is -0.0744. The van der Waals surface area contributed by atoms with E-state index in [0.29, 0.717) is 48.1 Å². The van der Waals surface area contributed by atoms with Gasteiger partial charge in [0.15, 0.2) is 5.65 Å². The first-order chi connectivity index (χ1) is 17.1. The highest BCUT2D eigenvalue weighted by atomic mass is 35.5. The maximum absolute atomic E-state index is 13.6. The summed E-state index contributed by atoms with van der Waals surface area (Å²) in [4.78, 5) is 22.2. The van der Waals surface area contributed by atoms with E-state index in [0.717, 1.165) is 22.7 Å². The molecule has 8 nitrogen and oxygen atoms in total. The van der Waals surface area contributed by atoms with Crippen LogP contribution in [0.3, 0.4) is 0 Å². The standard InChI is InChI=1S/C26H26ClN5O3/c1-34-17-23-20(16-28-25-15-21(29-32(23)25)18-7-9-19(27)10-8-18)26(33)31-13-11-30(12-14-31)22-5-3-4-6-24(22)35-2/h3-10,15-16H,11-14,17H2,1-2H3. The van der Waals surface area contributed by atoms with Crippen molar-refractivity contribution in [3.63, 3.8) is 0 Å². The van der Waals surface area contributed by atoms with E-state index in [1.807, 2.05) is 59.5 Å². The van der Waals surface area contributed by atoms with Gasteiger partial charge in [0.1, 0.15) is 5.75 Å². The van der Waals surface area contributed by atoms with Gasteiger partial charge in [-0.05, 0) is 24.3 Å². The molecule has 9 heteroatoms. The van der Waals surface area contributed by atoms with Crippen LogP contribution in [-0.4, -0.2) is 65.8 Å². The number of ether oxygens (including phenoxy) is 2. The monoisotopic (exact) mass is 491 g/mol. The third kappa shape index (κ3) is 4.54. The SMILES string of the molecule is COCc1c(C(=O)N2CCN(c3ccccc3OC)CC2)cnc2cc(-c3ccc(Cl)cc3)nn12. The second kappa shape index (κ2) is 9.93. The molecule has 3 heterocycles. The minimum absolute atomic E-state index is 0.0744. The van der Waals surface area contributed by atoms with Crippen molar-refractivity contribution in [3.05, 3.63) is 77.1 Å². The first-order valence-electron chi connectivity index (χ1n) is 11.4. The van der Waals surface area contributed by atoms with Gasteiger partial charge in [-0.2, -0.15) is 5.10 Å². The Morgan fingerprint density at radius 3 is 2.49 bits per heavy atom. The number of hydrogen-bond acceptors (Lipinski definition) is 6. The number of benzene rings is 2. The van der Waals surface area contributed by atoms with Gasteiger partial charge in [0.05, 0.1) is 36.4 Å². The summed E-state index contributed by atoms with van der Waals surface area (Å²) in [5.41, 5.74) is 4.53. The van der Waals surface area contributed by atoms with Crippen molar-refractivity contribution < 1.29 is 14.3 Å². The van der Waals surface area contributed by atoms with Crippen molar-refractivity contribution in [1.29, 1.82) is 0 Å². The molecule has 1 amide bonds. The van der Waals surface area contributed by atoms with E-state index in [-0.39, 0.29) is 12.5 Å². The Morgan fingerprint density at radius 2 is 1.77 bits per heavy atom. The molecule has 0 aliphatic carbocycles. The van der Waals surface area contributed by atoms with Crippen molar-refractivity contribution in [2.45, 2.75) is 6.61 Å². The third-order valence-corrected chi connectivity index (χ3v) is 6.48. The molecule has 0 atom stereocenters. The van der Waals surface area contributed by atoms with Crippen molar-refractivity contribution in [1.82, 2.24) is 19.5 Å². The zero-order valence-corrected chi connectivity index (χ0v) is 20.4. The molecule has 0 unspecified atom stereocenters. The lowest BCUT2D eigenvalue weighted by Crippen LogP contribution is -2.49. The highest BCUT2D eigenvalue weighted by Crippen LogP contribution is 2.29. The number of carbonyl (C=O) groups is 1. The van der Waals surface area contributed by atoms with Gasteiger partial charge < -0.3 is 19.3 Å². The van der Waals surface area contributed by atoms with E-state index in [1.165, 1.54) is 0 Å². The Labute approximate surface area is 208 Å². The van der Waals surface area contributed by atoms with Crippen LogP contribution in [0.2, 0.25) is 5.02 Å². The lowest BCUT2D eigenvalue weighted by molar-refractivity contribution is 0.0739. The number of anilines is 1. The van der Waals surface area contributed by atoms with Gasteiger partial charge in [-0.15, -0.1) is 0 Å². The maximum atomic E-state index is 13.6. The summed E-state index contributed by atoms with van der Waals surface area (Å²) in [6, 6.07) is 17.3. The number of aromatic nitrogens is 3. The van der Waals surface area contributed by atoms with Gasteiger partial charge in [-0.1, -0.05) is 35.9 Å². The first-order valence-corrected chi connectivity index (χ1v) is 11.8. The van der Waals surface area contributed by atoms with Gasteiger partial charge in [-0.25, -0.2) is 9.50 Å². The molecule has 1 aliphatic heterocycles. The van der Waals surface area contributed by atoms with Crippen LogP contribution in [0, 0.1) is 0 Å². The molecule has 0 saturated carbocycles. The molecular formula is C26H26ClN5O3. The van der Waals surface area contributed by atoms with E-state index < -0.39 is 0 Å². The van der Waals surface area contributed by atoms with Crippen LogP contribution in [0.5, 0.6) is 5.75 Å². The molecule has 4 aromatic rings. The summed E-state index contributed by atoms with van der Waals surface area (Å²) in [5.74, 6) is 0.758. The molecule has 1 fully saturated rings. The van der Waals surface area contributed by atoms with Crippen molar-refractivity contribution in [2.24, 2.45) is 0 Å². The average Bonchev–Trinajstić information content (AvgIpc) is 3.34. The molecule has 0 N–H and O–H groups in total. The first kappa shape index (κ1) is 23.1. The number of amides is 1. The molecule has 0 radical (unpaired) electrons. The molecule has 180 valence electrons. The second-order valence-corrected chi connectivity index (χ2v) is 8.75. The highest BCUT2D eigenvalue weighted by Gasteiger charge is 2.27. The fourth-order valence-corrected chi connectivity index (χ4v) is 4.53. The molecule has 2 aromatic heterocycles. The quantitative estimate of drug-likeness (QED) is 0.403. The number of piperazine rings is 1. The number of halogens is 1. The van der Waals surface area contributed by atoms with Crippen molar-refractivity contribution in [3.8, 4) is 17.0 Å². The molecule has 0 spiro atoms. The van der Waals surface area contributed by atoms with E-state index in [9.17, 15) is 4.79 Å². The van der Waals surface area contributed by atoms with Crippen molar-refractivity contribution in [2.75, 3.05) is 45.3 Å². The number of carbonyl (C=O) groups excluding carboxylic acids is 1. The van der Waals surface area contributed by atoms with Crippen LogP contribution < -0.4 is 9.64 Å². The maximum Gasteiger partial charge on any atom is 0.257 e. The lowest BCUT2D eigenvalue weighted by Gasteiger charge is -2.36. The van der Waals surface area contributed by atoms with E-state index in [2.05, 4.69) is 9.88 Å². The highest BCUT2D eigenvalue weighted by molar-refractivity contribution is 6.30. The van der Waals surface area contributed by atoms with Gasteiger partial charge in [0, 0.05) is 56.1 Å². The fourth-order valence-electron chi connectivity index (χ4n) is 4.41. The van der Waals surface area contributed by atoms with Gasteiger partial charge >= 0.3 is 0 Å². The summed E-state index contributed by atoms with van der Waals surface area (Å²) in [6.07, 6.45) is 1.63. The zero-order valence-electron chi connectivity index (χ0n) is 19.6. The molecule has 35 heavy (non-hydrogen) atoms. The van der Waals surface area contributed by atoms with Crippen LogP contribution in [0.1, 0.15) is 16.1 Å². The van der Waals surface area contributed by atoms with Crippen LogP contribution in [0.25, 0.3) is 16.9 Å². The second-order valence-electron chi connectivity index (χ2n) is 8.31. The molecule has 2 aromatic carbocycles. The molecule has 5 rings (SSSR count). The van der Waals surface area contributed by atoms with Gasteiger partial charge in [0.25, 0.3) is 5.91 Å². The summed E-state index contributed by atoms with van der Waals surface area (Å²) >= 11 is 6.03. The Bertz CT molecular complexity index is 1350. The number of fused-ring (bicyclic) bond motifs is 1. The lowest BCUT2D eigenvalue weighted by atomic mass is 10.1. The van der Waals surface area contributed by atoms with Gasteiger partial charge in [-0.3, -0.25) is 4.79 Å². The third-order valence-electron chi connectivity index (χ3n) is 6.23. The van der Waals surface area contributed by atoms with E-state index in [1.54, 1.807) is 24.9 Å². The Kier molecular flexibility index (Phi) is 6.57. The number of methoxy groups -OCH3 is 2. The molecule has 1 saturated heterocycles. The fraction of sp³-hybridized carbons (Fsp3) is 0.269. The largest absolute Gasteiger partial charge is 0.495 e. The predicted octanol–water partition coefficient (Wildman–Crippen LogP) is 4.17.